The largest absolute Gasteiger partial charge is 0.444 e. The smallest absolute Gasteiger partial charge is 0.407 e. The Kier molecular flexibility index (Phi) is 3.80. The summed E-state index contributed by atoms with van der Waals surface area (Å²) in [6, 6.07) is 1.87. The highest BCUT2D eigenvalue weighted by atomic mass is 79.9. The highest BCUT2D eigenvalue weighted by Gasteiger charge is 2.16. The lowest BCUT2D eigenvalue weighted by molar-refractivity contribution is 0.0524. The van der Waals surface area contributed by atoms with Gasteiger partial charge in [0, 0.05) is 28.8 Å². The second-order valence-corrected chi connectivity index (χ2v) is 6.04. The SMILES string of the molecule is CC(C)(C)OC(=O)NCc1ccnc2[nH]cc(Br)c12. The molecule has 6 heteroatoms. The fraction of sp³-hybridized carbons (Fsp3) is 0.385. The van der Waals surface area contributed by atoms with Crippen molar-refractivity contribution in [2.45, 2.75) is 32.9 Å². The molecule has 2 rings (SSSR count). The Morgan fingerprint density at radius 1 is 1.53 bits per heavy atom. The predicted octanol–water partition coefficient (Wildman–Crippen LogP) is 3.35. The number of alkyl carbamates (subject to hydrolysis) is 1. The minimum absolute atomic E-state index is 0.393. The Morgan fingerprint density at radius 3 is 2.95 bits per heavy atom. The van der Waals surface area contributed by atoms with Crippen LogP contribution < -0.4 is 5.32 Å². The molecule has 0 radical (unpaired) electrons. The molecule has 0 saturated heterocycles. The maximum absolute atomic E-state index is 11.6. The summed E-state index contributed by atoms with van der Waals surface area (Å²) in [6.45, 7) is 5.89. The van der Waals surface area contributed by atoms with Gasteiger partial charge in [0.05, 0.1) is 0 Å². The van der Waals surface area contributed by atoms with Crippen molar-refractivity contribution in [3.8, 4) is 0 Å². The Bertz CT molecular complexity index is 601. The van der Waals surface area contributed by atoms with Gasteiger partial charge in [0.15, 0.2) is 0 Å². The van der Waals surface area contributed by atoms with Crippen LogP contribution in [0.1, 0.15) is 26.3 Å². The van der Waals surface area contributed by atoms with E-state index < -0.39 is 11.7 Å². The van der Waals surface area contributed by atoms with Gasteiger partial charge in [0.2, 0.25) is 0 Å². The number of aromatic nitrogens is 2. The summed E-state index contributed by atoms with van der Waals surface area (Å²) in [4.78, 5) is 18.9. The van der Waals surface area contributed by atoms with Crippen molar-refractivity contribution in [3.63, 3.8) is 0 Å². The third-order valence-electron chi connectivity index (χ3n) is 2.43. The molecule has 0 aliphatic rings. The van der Waals surface area contributed by atoms with Crippen molar-refractivity contribution in [3.05, 3.63) is 28.5 Å². The molecule has 0 aliphatic heterocycles. The zero-order valence-corrected chi connectivity index (χ0v) is 12.7. The highest BCUT2D eigenvalue weighted by Crippen LogP contribution is 2.25. The van der Waals surface area contributed by atoms with Gasteiger partial charge in [-0.05, 0) is 48.3 Å². The van der Waals surface area contributed by atoms with Crippen LogP contribution in [0.3, 0.4) is 0 Å². The lowest BCUT2D eigenvalue weighted by atomic mass is 10.2. The number of halogens is 1. The number of aromatic amines is 1. The van der Waals surface area contributed by atoms with Crippen molar-refractivity contribution in [1.29, 1.82) is 0 Å². The van der Waals surface area contributed by atoms with Crippen molar-refractivity contribution >= 4 is 33.1 Å². The Balaban J connectivity index is 2.10. The van der Waals surface area contributed by atoms with Crippen molar-refractivity contribution in [1.82, 2.24) is 15.3 Å². The van der Waals surface area contributed by atoms with E-state index in [1.54, 1.807) is 6.20 Å². The Hall–Kier alpha value is -1.56. The third kappa shape index (κ3) is 3.47. The Labute approximate surface area is 119 Å². The second kappa shape index (κ2) is 5.21. The van der Waals surface area contributed by atoms with Gasteiger partial charge in [-0.15, -0.1) is 0 Å². The lowest BCUT2D eigenvalue weighted by Crippen LogP contribution is -2.32. The van der Waals surface area contributed by atoms with Gasteiger partial charge in [-0.3, -0.25) is 0 Å². The van der Waals surface area contributed by atoms with Gasteiger partial charge in [-0.25, -0.2) is 9.78 Å². The number of nitrogens with zero attached hydrogens (tertiary/aromatic N) is 1. The molecular weight excluding hydrogens is 310 g/mol. The predicted molar refractivity (Wildman–Crippen MR) is 76.9 cm³/mol. The molecule has 0 unspecified atom stereocenters. The maximum atomic E-state index is 11.6. The molecule has 5 nitrogen and oxygen atoms in total. The van der Waals surface area contributed by atoms with Crippen LogP contribution in [0.5, 0.6) is 0 Å². The maximum Gasteiger partial charge on any atom is 0.407 e. The Morgan fingerprint density at radius 2 is 2.26 bits per heavy atom. The van der Waals surface area contributed by atoms with E-state index in [0.29, 0.717) is 6.54 Å². The van der Waals surface area contributed by atoms with Gasteiger partial charge in [0.1, 0.15) is 11.2 Å². The molecule has 2 aromatic rings. The van der Waals surface area contributed by atoms with E-state index in [1.165, 1.54) is 0 Å². The average molecular weight is 326 g/mol. The number of hydrogen-bond donors (Lipinski definition) is 2. The first-order chi connectivity index (χ1) is 8.87. The van der Waals surface area contributed by atoms with Crippen LogP contribution in [0.2, 0.25) is 0 Å². The molecule has 0 spiro atoms. The molecule has 2 heterocycles. The number of rotatable bonds is 2. The molecule has 0 atom stereocenters. The third-order valence-corrected chi connectivity index (χ3v) is 3.06. The minimum atomic E-state index is -0.494. The number of hydrogen-bond acceptors (Lipinski definition) is 3. The van der Waals surface area contributed by atoms with Crippen molar-refractivity contribution in [2.24, 2.45) is 0 Å². The number of amides is 1. The molecular formula is C13H16BrN3O2. The molecule has 0 aromatic carbocycles. The number of carbonyl (C=O) groups is 1. The molecule has 1 amide bonds. The van der Waals surface area contributed by atoms with Gasteiger partial charge in [0.25, 0.3) is 0 Å². The molecule has 0 bridgehead atoms. The van der Waals surface area contributed by atoms with Crippen LogP contribution in [-0.2, 0) is 11.3 Å². The summed E-state index contributed by atoms with van der Waals surface area (Å²) < 4.78 is 6.13. The van der Waals surface area contributed by atoms with Gasteiger partial charge in [-0.2, -0.15) is 0 Å². The average Bonchev–Trinajstić information content (AvgIpc) is 2.67. The van der Waals surface area contributed by atoms with Gasteiger partial charge in [-0.1, -0.05) is 0 Å². The summed E-state index contributed by atoms with van der Waals surface area (Å²) in [5.74, 6) is 0. The fourth-order valence-electron chi connectivity index (χ4n) is 1.71. The van der Waals surface area contributed by atoms with E-state index in [2.05, 4.69) is 31.2 Å². The van der Waals surface area contributed by atoms with Crippen molar-refractivity contribution < 1.29 is 9.53 Å². The molecule has 2 aromatic heterocycles. The number of pyridine rings is 1. The summed E-state index contributed by atoms with van der Waals surface area (Å²) in [6.07, 6.45) is 3.11. The first-order valence-electron chi connectivity index (χ1n) is 5.94. The van der Waals surface area contributed by atoms with Gasteiger partial charge >= 0.3 is 6.09 Å². The van der Waals surface area contributed by atoms with E-state index in [0.717, 1.165) is 21.1 Å². The molecule has 19 heavy (non-hydrogen) atoms. The minimum Gasteiger partial charge on any atom is -0.444 e. The summed E-state index contributed by atoms with van der Waals surface area (Å²) >= 11 is 3.46. The standard InChI is InChI=1S/C13H16BrN3O2/c1-13(2,3)19-12(18)17-6-8-4-5-15-11-10(8)9(14)7-16-11/h4-5,7H,6H2,1-3H3,(H,15,16)(H,17,18). The van der Waals surface area contributed by atoms with Crippen LogP contribution in [0.4, 0.5) is 4.79 Å². The summed E-state index contributed by atoms with van der Waals surface area (Å²) in [7, 11) is 0. The zero-order chi connectivity index (χ0) is 14.0. The summed E-state index contributed by atoms with van der Waals surface area (Å²) in [5.41, 5.74) is 1.27. The van der Waals surface area contributed by atoms with Crippen LogP contribution in [0, 0.1) is 0 Å². The first kappa shape index (κ1) is 13.9. The zero-order valence-electron chi connectivity index (χ0n) is 11.1. The van der Waals surface area contributed by atoms with Crippen LogP contribution in [0.25, 0.3) is 11.0 Å². The normalized spacial score (nSPS) is 11.6. The number of ether oxygens (including phenoxy) is 1. The monoisotopic (exact) mass is 325 g/mol. The molecule has 0 saturated carbocycles. The topological polar surface area (TPSA) is 67.0 Å². The number of fused-ring (bicyclic) bond motifs is 1. The molecule has 0 fully saturated rings. The number of H-pyrrole nitrogens is 1. The van der Waals surface area contributed by atoms with Crippen molar-refractivity contribution in [2.75, 3.05) is 0 Å². The van der Waals surface area contributed by atoms with Gasteiger partial charge < -0.3 is 15.0 Å². The van der Waals surface area contributed by atoms with E-state index in [1.807, 2.05) is 33.0 Å². The van der Waals surface area contributed by atoms with Crippen LogP contribution in [0.15, 0.2) is 22.9 Å². The van der Waals surface area contributed by atoms with E-state index in [-0.39, 0.29) is 0 Å². The summed E-state index contributed by atoms with van der Waals surface area (Å²) in [5, 5.41) is 3.71. The number of nitrogens with one attached hydrogen (secondary N) is 2. The molecule has 0 aliphatic carbocycles. The quantitative estimate of drug-likeness (QED) is 0.889. The van der Waals surface area contributed by atoms with Crippen LogP contribution >= 0.6 is 15.9 Å². The molecule has 102 valence electrons. The van der Waals surface area contributed by atoms with E-state index in [9.17, 15) is 4.79 Å². The number of carbonyl (C=O) groups excluding carboxylic acids is 1. The molecule has 2 N–H and O–H groups in total. The second-order valence-electron chi connectivity index (χ2n) is 5.19. The lowest BCUT2D eigenvalue weighted by Gasteiger charge is -2.19. The van der Waals surface area contributed by atoms with E-state index in [4.69, 9.17) is 4.74 Å². The first-order valence-corrected chi connectivity index (χ1v) is 6.73. The van der Waals surface area contributed by atoms with Crippen LogP contribution in [-0.4, -0.2) is 21.7 Å². The van der Waals surface area contributed by atoms with E-state index >= 15 is 0 Å². The fourth-order valence-corrected chi connectivity index (χ4v) is 2.27. The highest BCUT2D eigenvalue weighted by molar-refractivity contribution is 9.10.